The summed E-state index contributed by atoms with van der Waals surface area (Å²) in [4.78, 5) is 2.53. The zero-order chi connectivity index (χ0) is 14.7. The van der Waals surface area contributed by atoms with Crippen molar-refractivity contribution in [1.29, 1.82) is 0 Å². The number of nitrogens with one attached hydrogen (secondary N) is 1. The van der Waals surface area contributed by atoms with Crippen molar-refractivity contribution in [3.05, 3.63) is 28.2 Å². The van der Waals surface area contributed by atoms with Crippen LogP contribution in [0.4, 0.5) is 5.69 Å². The molecule has 1 aromatic rings. The first-order chi connectivity index (χ1) is 9.47. The minimum Gasteiger partial charge on any atom is -0.368 e. The third-order valence-corrected chi connectivity index (χ3v) is 4.45. The van der Waals surface area contributed by atoms with Gasteiger partial charge >= 0.3 is 0 Å². The van der Waals surface area contributed by atoms with Crippen LogP contribution in [0.2, 0.25) is 0 Å². The number of rotatable bonds is 7. The molecule has 3 heteroatoms. The molecule has 112 valence electrons. The molecule has 0 aromatic heterocycles. The maximum Gasteiger partial charge on any atom is 0.0513 e. The van der Waals surface area contributed by atoms with E-state index in [1.807, 2.05) is 0 Å². The molecule has 0 atom stereocenters. The Labute approximate surface area is 132 Å². The fraction of sp³-hybridized carbons (Fsp3) is 0.647. The average molecular weight is 339 g/mol. The first-order valence-corrected chi connectivity index (χ1v) is 8.55. The maximum atomic E-state index is 3.76. The van der Waals surface area contributed by atoms with Crippen LogP contribution in [-0.4, -0.2) is 18.6 Å². The van der Waals surface area contributed by atoms with Gasteiger partial charge in [-0.1, -0.05) is 19.9 Å². The van der Waals surface area contributed by atoms with Crippen LogP contribution in [-0.2, 0) is 6.54 Å². The van der Waals surface area contributed by atoms with Crippen LogP contribution in [0.25, 0.3) is 0 Å². The lowest BCUT2D eigenvalue weighted by Crippen LogP contribution is -2.33. The van der Waals surface area contributed by atoms with Crippen LogP contribution in [0.3, 0.4) is 0 Å². The summed E-state index contributed by atoms with van der Waals surface area (Å²) in [6, 6.07) is 7.84. The summed E-state index contributed by atoms with van der Waals surface area (Å²) in [7, 11) is 0. The average Bonchev–Trinajstić information content (AvgIpc) is 3.18. The second kappa shape index (κ2) is 6.95. The van der Waals surface area contributed by atoms with E-state index < -0.39 is 0 Å². The Balaban J connectivity index is 2.09. The summed E-state index contributed by atoms with van der Waals surface area (Å²) in [5.74, 6) is 0.909. The summed E-state index contributed by atoms with van der Waals surface area (Å²) in [6.45, 7) is 11.0. The Bertz CT molecular complexity index is 439. The lowest BCUT2D eigenvalue weighted by Gasteiger charge is -2.30. The Morgan fingerprint density at radius 2 is 1.95 bits per heavy atom. The monoisotopic (exact) mass is 338 g/mol. The number of nitrogens with zero attached hydrogens (tertiary/aromatic N) is 1. The summed E-state index contributed by atoms with van der Waals surface area (Å²) < 4.78 is 1.22. The van der Waals surface area contributed by atoms with E-state index in [0.29, 0.717) is 12.1 Å². The van der Waals surface area contributed by atoms with Crippen molar-refractivity contribution in [2.45, 2.75) is 59.2 Å². The highest BCUT2D eigenvalue weighted by Gasteiger charge is 2.26. The van der Waals surface area contributed by atoms with Gasteiger partial charge in [0.25, 0.3) is 0 Å². The molecule has 20 heavy (non-hydrogen) atoms. The summed E-state index contributed by atoms with van der Waals surface area (Å²) in [5, 5.41) is 3.47. The topological polar surface area (TPSA) is 15.3 Å². The molecule has 1 N–H and O–H groups in total. The normalized spacial score (nSPS) is 15.2. The molecule has 0 bridgehead atoms. The van der Waals surface area contributed by atoms with E-state index in [0.717, 1.165) is 12.5 Å². The van der Waals surface area contributed by atoms with Crippen LogP contribution in [0, 0.1) is 5.92 Å². The molecule has 2 rings (SSSR count). The van der Waals surface area contributed by atoms with E-state index in [1.54, 1.807) is 0 Å². The molecule has 0 unspecified atom stereocenters. The predicted octanol–water partition coefficient (Wildman–Crippen LogP) is 4.57. The van der Waals surface area contributed by atoms with Gasteiger partial charge in [-0.3, -0.25) is 0 Å². The second-order valence-corrected chi connectivity index (χ2v) is 7.37. The van der Waals surface area contributed by atoms with Gasteiger partial charge in [0.1, 0.15) is 0 Å². The molecule has 0 amide bonds. The van der Waals surface area contributed by atoms with Gasteiger partial charge in [-0.2, -0.15) is 0 Å². The van der Waals surface area contributed by atoms with Gasteiger partial charge in [0.15, 0.2) is 0 Å². The highest BCUT2D eigenvalue weighted by molar-refractivity contribution is 9.10. The third kappa shape index (κ3) is 4.49. The van der Waals surface area contributed by atoms with Gasteiger partial charge in [0.05, 0.1) is 5.69 Å². The SMILES string of the molecule is CC(C)NCc1ccc(N(CC2CC2)C(C)C)c(Br)c1. The van der Waals surface area contributed by atoms with Crippen molar-refractivity contribution in [2.75, 3.05) is 11.4 Å². The smallest absolute Gasteiger partial charge is 0.0513 e. The Hall–Kier alpha value is -0.540. The summed E-state index contributed by atoms with van der Waals surface area (Å²) in [5.41, 5.74) is 2.67. The molecule has 0 spiro atoms. The second-order valence-electron chi connectivity index (χ2n) is 6.51. The fourth-order valence-electron chi connectivity index (χ4n) is 2.38. The molecule has 1 aliphatic rings. The quantitative estimate of drug-likeness (QED) is 0.783. The van der Waals surface area contributed by atoms with Crippen LogP contribution in [0.5, 0.6) is 0 Å². The first kappa shape index (κ1) is 15.8. The van der Waals surface area contributed by atoms with Crippen molar-refractivity contribution < 1.29 is 0 Å². The molecule has 0 radical (unpaired) electrons. The zero-order valence-corrected chi connectivity index (χ0v) is 14.7. The van der Waals surface area contributed by atoms with Gasteiger partial charge in [-0.15, -0.1) is 0 Å². The fourth-order valence-corrected chi connectivity index (χ4v) is 3.04. The molecule has 0 saturated heterocycles. The first-order valence-electron chi connectivity index (χ1n) is 7.75. The highest BCUT2D eigenvalue weighted by Crippen LogP contribution is 2.35. The van der Waals surface area contributed by atoms with Gasteiger partial charge in [0.2, 0.25) is 0 Å². The minimum atomic E-state index is 0.524. The van der Waals surface area contributed by atoms with Crippen LogP contribution in [0.1, 0.15) is 46.1 Å². The predicted molar refractivity (Wildman–Crippen MR) is 91.3 cm³/mol. The van der Waals surface area contributed by atoms with Crippen LogP contribution >= 0.6 is 15.9 Å². The van der Waals surface area contributed by atoms with Crippen LogP contribution < -0.4 is 10.2 Å². The molecular formula is C17H27BrN2. The van der Waals surface area contributed by atoms with Crippen molar-refractivity contribution >= 4 is 21.6 Å². The number of halogens is 1. The van der Waals surface area contributed by atoms with Gasteiger partial charge in [-0.25, -0.2) is 0 Å². The third-order valence-electron chi connectivity index (χ3n) is 3.81. The van der Waals surface area contributed by atoms with Crippen molar-refractivity contribution in [3.8, 4) is 0 Å². The summed E-state index contributed by atoms with van der Waals surface area (Å²) >= 11 is 3.76. The van der Waals surface area contributed by atoms with E-state index in [2.05, 4.69) is 72.0 Å². The standard InChI is InChI=1S/C17H27BrN2/c1-12(2)19-10-15-7-8-17(16(18)9-15)20(13(3)4)11-14-5-6-14/h7-9,12-14,19H,5-6,10-11H2,1-4H3. The molecule has 2 nitrogen and oxygen atoms in total. The Kier molecular flexibility index (Phi) is 5.50. The van der Waals surface area contributed by atoms with Crippen LogP contribution in [0.15, 0.2) is 22.7 Å². The lowest BCUT2D eigenvalue weighted by molar-refractivity contribution is 0.588. The minimum absolute atomic E-state index is 0.524. The molecule has 1 fully saturated rings. The van der Waals surface area contributed by atoms with Crippen molar-refractivity contribution in [2.24, 2.45) is 5.92 Å². The van der Waals surface area contributed by atoms with Crippen molar-refractivity contribution in [1.82, 2.24) is 5.32 Å². The maximum absolute atomic E-state index is 3.76. The molecule has 0 aliphatic heterocycles. The van der Waals surface area contributed by atoms with Gasteiger partial charge in [-0.05, 0) is 66.2 Å². The van der Waals surface area contributed by atoms with Gasteiger partial charge < -0.3 is 10.2 Å². The molecule has 1 aromatic carbocycles. The largest absolute Gasteiger partial charge is 0.368 e. The highest BCUT2D eigenvalue weighted by atomic mass is 79.9. The number of hydrogen-bond donors (Lipinski definition) is 1. The number of anilines is 1. The Morgan fingerprint density at radius 3 is 2.45 bits per heavy atom. The van der Waals surface area contributed by atoms with E-state index in [9.17, 15) is 0 Å². The Morgan fingerprint density at radius 1 is 1.25 bits per heavy atom. The molecule has 0 heterocycles. The van der Waals surface area contributed by atoms with E-state index in [-0.39, 0.29) is 0 Å². The lowest BCUT2D eigenvalue weighted by atomic mass is 10.1. The molecule has 1 aliphatic carbocycles. The van der Waals surface area contributed by atoms with Crippen molar-refractivity contribution in [3.63, 3.8) is 0 Å². The summed E-state index contributed by atoms with van der Waals surface area (Å²) in [6.07, 6.45) is 2.80. The molecule has 1 saturated carbocycles. The number of hydrogen-bond acceptors (Lipinski definition) is 2. The van der Waals surface area contributed by atoms with E-state index in [1.165, 1.54) is 35.1 Å². The van der Waals surface area contributed by atoms with Gasteiger partial charge in [0, 0.05) is 29.6 Å². The zero-order valence-electron chi connectivity index (χ0n) is 13.1. The number of benzene rings is 1. The van der Waals surface area contributed by atoms with E-state index in [4.69, 9.17) is 0 Å². The molecular weight excluding hydrogens is 312 g/mol. The van der Waals surface area contributed by atoms with E-state index >= 15 is 0 Å².